The number of aliphatic hydroxyl groups excluding tert-OH is 2. The first-order valence-corrected chi connectivity index (χ1v) is 10.9. The number of aromatic carboxylic acids is 1. The molecule has 2 atom stereocenters. The summed E-state index contributed by atoms with van der Waals surface area (Å²) in [5, 5.41) is 29.3. The first kappa shape index (κ1) is 23.2. The summed E-state index contributed by atoms with van der Waals surface area (Å²) in [6.07, 6.45) is 3.00. The summed E-state index contributed by atoms with van der Waals surface area (Å²) < 4.78 is 17.0. The number of carboxylic acids is 1. The molecule has 1 aromatic heterocycles. The van der Waals surface area contributed by atoms with Gasteiger partial charge in [-0.25, -0.2) is 9.18 Å². The summed E-state index contributed by atoms with van der Waals surface area (Å²) in [6, 6.07) is 1.27. The third-order valence-corrected chi connectivity index (χ3v) is 6.14. The molecule has 1 aliphatic rings. The Balaban J connectivity index is 2.02. The second-order valence-corrected chi connectivity index (χ2v) is 8.31. The quantitative estimate of drug-likeness (QED) is 0.531. The molecule has 1 saturated carbocycles. The van der Waals surface area contributed by atoms with Crippen molar-refractivity contribution in [3.8, 4) is 0 Å². The molecule has 2 unspecified atom stereocenters. The van der Waals surface area contributed by atoms with Gasteiger partial charge in [0.15, 0.2) is 0 Å². The topological polar surface area (TPSA) is 103 Å². The van der Waals surface area contributed by atoms with Crippen molar-refractivity contribution < 1.29 is 24.5 Å². The van der Waals surface area contributed by atoms with E-state index in [0.717, 1.165) is 18.9 Å². The largest absolute Gasteiger partial charge is 0.477 e. The highest BCUT2D eigenvalue weighted by Crippen LogP contribution is 2.40. The third kappa shape index (κ3) is 4.60. The standard InChI is InChI=1S/C23H31FN2O5/c1-4-18(27)19(28)7-6-10-25(5-2)21-13(3)20-15(11-17(21)24)22(29)16(23(30)31)12-26(20)14-8-9-14/h11-12,14,18-19,27-28H,4-10H2,1-3H3,(H,30,31). The maximum Gasteiger partial charge on any atom is 0.341 e. The van der Waals surface area contributed by atoms with E-state index in [0.29, 0.717) is 49.1 Å². The van der Waals surface area contributed by atoms with Crippen molar-refractivity contribution in [2.75, 3.05) is 18.0 Å². The average molecular weight is 435 g/mol. The van der Waals surface area contributed by atoms with E-state index < -0.39 is 29.4 Å². The van der Waals surface area contributed by atoms with E-state index in [-0.39, 0.29) is 17.0 Å². The zero-order valence-electron chi connectivity index (χ0n) is 18.3. The van der Waals surface area contributed by atoms with Crippen LogP contribution in [0.1, 0.15) is 67.9 Å². The molecule has 7 nitrogen and oxygen atoms in total. The summed E-state index contributed by atoms with van der Waals surface area (Å²) in [5.74, 6) is -1.88. The Morgan fingerprint density at radius 1 is 1.29 bits per heavy atom. The van der Waals surface area contributed by atoms with Crippen LogP contribution in [0.25, 0.3) is 10.9 Å². The van der Waals surface area contributed by atoms with Crippen LogP contribution in [-0.4, -0.2) is 51.2 Å². The van der Waals surface area contributed by atoms with E-state index in [1.54, 1.807) is 13.8 Å². The number of aliphatic hydroxyl groups is 2. The molecule has 3 rings (SSSR count). The minimum atomic E-state index is -1.31. The van der Waals surface area contributed by atoms with Gasteiger partial charge in [-0.3, -0.25) is 4.79 Å². The number of fused-ring (bicyclic) bond motifs is 1. The molecule has 2 aromatic rings. The van der Waals surface area contributed by atoms with Crippen LogP contribution < -0.4 is 10.3 Å². The van der Waals surface area contributed by atoms with E-state index in [2.05, 4.69) is 0 Å². The number of carbonyl (C=O) groups is 1. The van der Waals surface area contributed by atoms with Crippen LogP contribution in [0.5, 0.6) is 0 Å². The lowest BCUT2D eigenvalue weighted by Gasteiger charge is -2.28. The highest BCUT2D eigenvalue weighted by Gasteiger charge is 2.29. The first-order valence-electron chi connectivity index (χ1n) is 10.9. The Morgan fingerprint density at radius 3 is 2.52 bits per heavy atom. The number of nitrogens with zero attached hydrogens (tertiary/aromatic N) is 2. The van der Waals surface area contributed by atoms with E-state index in [1.807, 2.05) is 16.4 Å². The fraction of sp³-hybridized carbons (Fsp3) is 0.565. The van der Waals surface area contributed by atoms with Gasteiger partial charge in [-0.05, 0) is 57.6 Å². The van der Waals surface area contributed by atoms with Crippen molar-refractivity contribution in [2.45, 2.75) is 71.1 Å². The maximum atomic E-state index is 15.2. The molecule has 31 heavy (non-hydrogen) atoms. The molecule has 1 fully saturated rings. The third-order valence-electron chi connectivity index (χ3n) is 6.14. The number of halogens is 1. The molecule has 0 saturated heterocycles. The second-order valence-electron chi connectivity index (χ2n) is 8.31. The number of hydrogen-bond acceptors (Lipinski definition) is 5. The molecule has 1 aliphatic carbocycles. The summed E-state index contributed by atoms with van der Waals surface area (Å²) in [7, 11) is 0. The van der Waals surface area contributed by atoms with Crippen LogP contribution in [0.3, 0.4) is 0 Å². The molecule has 0 spiro atoms. The van der Waals surface area contributed by atoms with Gasteiger partial charge in [-0.1, -0.05) is 6.92 Å². The fourth-order valence-corrected chi connectivity index (χ4v) is 4.23. The lowest BCUT2D eigenvalue weighted by molar-refractivity contribution is 0.0120. The second kappa shape index (κ2) is 9.36. The molecular weight excluding hydrogens is 403 g/mol. The van der Waals surface area contributed by atoms with Gasteiger partial charge in [0.1, 0.15) is 11.4 Å². The van der Waals surface area contributed by atoms with Gasteiger partial charge in [-0.2, -0.15) is 0 Å². The Labute approximate surface area is 180 Å². The number of aryl methyl sites for hydroxylation is 1. The van der Waals surface area contributed by atoms with Gasteiger partial charge in [-0.15, -0.1) is 0 Å². The van der Waals surface area contributed by atoms with Gasteiger partial charge in [0.25, 0.3) is 0 Å². The molecule has 170 valence electrons. The van der Waals surface area contributed by atoms with Crippen molar-refractivity contribution in [3.63, 3.8) is 0 Å². The van der Waals surface area contributed by atoms with Gasteiger partial charge < -0.3 is 24.8 Å². The first-order chi connectivity index (χ1) is 14.7. The van der Waals surface area contributed by atoms with Crippen LogP contribution in [0.2, 0.25) is 0 Å². The zero-order valence-corrected chi connectivity index (χ0v) is 18.3. The number of benzene rings is 1. The lowest BCUT2D eigenvalue weighted by Crippen LogP contribution is -2.30. The summed E-state index contributed by atoms with van der Waals surface area (Å²) in [5.41, 5.74) is 0.549. The highest BCUT2D eigenvalue weighted by molar-refractivity contribution is 5.95. The molecule has 3 N–H and O–H groups in total. The number of aromatic nitrogens is 1. The molecule has 0 bridgehead atoms. The number of hydrogen-bond donors (Lipinski definition) is 3. The predicted molar refractivity (Wildman–Crippen MR) is 118 cm³/mol. The van der Waals surface area contributed by atoms with Crippen LogP contribution in [0, 0.1) is 12.7 Å². The minimum Gasteiger partial charge on any atom is -0.477 e. The average Bonchev–Trinajstić information content (AvgIpc) is 3.57. The minimum absolute atomic E-state index is 0.0862. The Kier molecular flexibility index (Phi) is 7.01. The fourth-order valence-electron chi connectivity index (χ4n) is 4.23. The smallest absolute Gasteiger partial charge is 0.341 e. The van der Waals surface area contributed by atoms with Gasteiger partial charge >= 0.3 is 5.97 Å². The molecule has 8 heteroatoms. The Morgan fingerprint density at radius 2 is 1.97 bits per heavy atom. The summed E-state index contributed by atoms with van der Waals surface area (Å²) >= 11 is 0. The van der Waals surface area contributed by atoms with Crippen molar-refractivity contribution in [1.82, 2.24) is 4.57 Å². The zero-order chi connectivity index (χ0) is 22.9. The molecule has 0 aliphatic heterocycles. The number of carboxylic acid groups (broad SMARTS) is 1. The molecule has 0 amide bonds. The maximum absolute atomic E-state index is 15.2. The van der Waals surface area contributed by atoms with E-state index in [1.165, 1.54) is 6.20 Å². The molecule has 1 heterocycles. The Hall–Kier alpha value is -2.45. The molecular formula is C23H31FN2O5. The van der Waals surface area contributed by atoms with Crippen molar-refractivity contribution in [1.29, 1.82) is 0 Å². The summed E-state index contributed by atoms with van der Waals surface area (Å²) in [6.45, 7) is 6.47. The van der Waals surface area contributed by atoms with Crippen molar-refractivity contribution in [2.24, 2.45) is 0 Å². The predicted octanol–water partition coefficient (Wildman–Crippen LogP) is 3.22. The number of rotatable bonds is 10. The Bertz CT molecular complexity index is 1030. The van der Waals surface area contributed by atoms with Crippen LogP contribution in [0.15, 0.2) is 17.1 Å². The monoisotopic (exact) mass is 434 g/mol. The van der Waals surface area contributed by atoms with Gasteiger partial charge in [0.2, 0.25) is 5.43 Å². The lowest BCUT2D eigenvalue weighted by atomic mass is 10.0. The van der Waals surface area contributed by atoms with Crippen LogP contribution in [-0.2, 0) is 0 Å². The SMILES string of the molecule is CCC(O)C(O)CCCN(CC)c1c(F)cc2c(=O)c(C(=O)O)cn(C3CC3)c2c1C. The van der Waals surface area contributed by atoms with Crippen molar-refractivity contribution in [3.05, 3.63) is 39.4 Å². The molecule has 1 aromatic carbocycles. The van der Waals surface area contributed by atoms with Crippen LogP contribution in [0.4, 0.5) is 10.1 Å². The summed E-state index contributed by atoms with van der Waals surface area (Å²) in [4.78, 5) is 26.1. The van der Waals surface area contributed by atoms with E-state index >= 15 is 4.39 Å². The van der Waals surface area contributed by atoms with Crippen LogP contribution >= 0.6 is 0 Å². The van der Waals surface area contributed by atoms with E-state index in [4.69, 9.17) is 0 Å². The normalized spacial score (nSPS) is 15.8. The van der Waals surface area contributed by atoms with Gasteiger partial charge in [0, 0.05) is 30.7 Å². The van der Waals surface area contributed by atoms with E-state index in [9.17, 15) is 24.9 Å². The highest BCUT2D eigenvalue weighted by atomic mass is 19.1. The number of anilines is 1. The van der Waals surface area contributed by atoms with Gasteiger partial charge in [0.05, 0.1) is 23.4 Å². The van der Waals surface area contributed by atoms with Crippen molar-refractivity contribution >= 4 is 22.6 Å². The number of pyridine rings is 1. The molecule has 0 radical (unpaired) electrons.